The Hall–Kier alpha value is -0.410. The minimum absolute atomic E-state index is 0.716. The van der Waals surface area contributed by atoms with Gasteiger partial charge in [0.05, 0.1) is 5.51 Å². The Morgan fingerprint density at radius 2 is 2.27 bits per heavy atom. The summed E-state index contributed by atoms with van der Waals surface area (Å²) in [5.74, 6) is 0. The fourth-order valence-corrected chi connectivity index (χ4v) is 2.51. The van der Waals surface area contributed by atoms with Crippen molar-refractivity contribution >= 4 is 11.3 Å². The number of hydrogen-bond acceptors (Lipinski definition) is 3. The second-order valence-electron chi connectivity index (χ2n) is 3.90. The summed E-state index contributed by atoms with van der Waals surface area (Å²) < 4.78 is 0. The summed E-state index contributed by atoms with van der Waals surface area (Å²) in [6.45, 7) is 5.53. The second-order valence-corrected chi connectivity index (χ2v) is 4.87. The molecule has 1 aromatic heterocycles. The zero-order valence-electron chi connectivity index (χ0n) is 9.83. The van der Waals surface area contributed by atoms with Crippen LogP contribution in [0.2, 0.25) is 0 Å². The van der Waals surface area contributed by atoms with E-state index in [0.29, 0.717) is 6.04 Å². The first kappa shape index (κ1) is 12.7. The predicted octanol–water partition coefficient (Wildman–Crippen LogP) is 3.24. The van der Waals surface area contributed by atoms with E-state index in [1.807, 2.05) is 11.7 Å². The molecule has 0 fully saturated rings. The first-order valence-corrected chi connectivity index (χ1v) is 6.85. The molecule has 2 nitrogen and oxygen atoms in total. The van der Waals surface area contributed by atoms with Crippen molar-refractivity contribution in [2.24, 2.45) is 0 Å². The maximum atomic E-state index is 4.10. The molecule has 3 heteroatoms. The molecule has 1 unspecified atom stereocenters. The maximum absolute atomic E-state index is 4.10. The van der Waals surface area contributed by atoms with Crippen molar-refractivity contribution in [1.82, 2.24) is 10.3 Å². The van der Waals surface area contributed by atoms with E-state index in [1.54, 1.807) is 11.3 Å². The van der Waals surface area contributed by atoms with Crippen molar-refractivity contribution in [3.05, 3.63) is 16.6 Å². The molecule has 1 N–H and O–H groups in total. The molecular weight excluding hydrogens is 204 g/mol. The van der Waals surface area contributed by atoms with Crippen LogP contribution in [0.5, 0.6) is 0 Å². The summed E-state index contributed by atoms with van der Waals surface area (Å²) in [5, 5.41) is 3.55. The van der Waals surface area contributed by atoms with Crippen molar-refractivity contribution < 1.29 is 0 Å². The van der Waals surface area contributed by atoms with E-state index in [2.05, 4.69) is 24.1 Å². The molecule has 0 aliphatic heterocycles. The van der Waals surface area contributed by atoms with Gasteiger partial charge in [-0.05, 0) is 32.2 Å². The van der Waals surface area contributed by atoms with E-state index < -0.39 is 0 Å². The number of thiazole rings is 1. The van der Waals surface area contributed by atoms with Gasteiger partial charge >= 0.3 is 0 Å². The van der Waals surface area contributed by atoms with Gasteiger partial charge in [0, 0.05) is 17.1 Å². The van der Waals surface area contributed by atoms with Crippen molar-refractivity contribution in [3.63, 3.8) is 0 Å². The Morgan fingerprint density at radius 3 is 2.87 bits per heavy atom. The fourth-order valence-electron chi connectivity index (χ4n) is 1.87. The van der Waals surface area contributed by atoms with Gasteiger partial charge in [0.25, 0.3) is 0 Å². The molecule has 0 saturated heterocycles. The average Bonchev–Trinajstić information content (AvgIpc) is 2.71. The predicted molar refractivity (Wildman–Crippen MR) is 67.4 cm³/mol. The molecular formula is C12H22N2S. The van der Waals surface area contributed by atoms with Gasteiger partial charge in [0.1, 0.15) is 0 Å². The lowest BCUT2D eigenvalue weighted by Gasteiger charge is -2.16. The summed E-state index contributed by atoms with van der Waals surface area (Å²) in [6.07, 6.45) is 8.33. The first-order chi connectivity index (χ1) is 7.36. The molecule has 86 valence electrons. The van der Waals surface area contributed by atoms with Gasteiger partial charge in [-0.2, -0.15) is 0 Å². The van der Waals surface area contributed by atoms with Crippen LogP contribution in [0.3, 0.4) is 0 Å². The molecule has 1 heterocycles. The lowest BCUT2D eigenvalue weighted by molar-refractivity contribution is 0.448. The Morgan fingerprint density at radius 1 is 1.40 bits per heavy atom. The summed E-state index contributed by atoms with van der Waals surface area (Å²) in [6, 6.07) is 0.716. The van der Waals surface area contributed by atoms with Crippen LogP contribution in [0.1, 0.15) is 44.4 Å². The van der Waals surface area contributed by atoms with Crippen LogP contribution < -0.4 is 5.32 Å². The number of nitrogens with one attached hydrogen (secondary N) is 1. The average molecular weight is 226 g/mol. The van der Waals surface area contributed by atoms with Gasteiger partial charge in [-0.25, -0.2) is 0 Å². The molecule has 0 radical (unpaired) electrons. The third-order valence-corrected chi connectivity index (χ3v) is 3.43. The van der Waals surface area contributed by atoms with Gasteiger partial charge < -0.3 is 5.32 Å². The van der Waals surface area contributed by atoms with E-state index in [9.17, 15) is 0 Å². The molecule has 0 spiro atoms. The molecule has 15 heavy (non-hydrogen) atoms. The third kappa shape index (κ3) is 5.28. The quantitative estimate of drug-likeness (QED) is 0.736. The molecule has 0 saturated carbocycles. The number of aromatic nitrogens is 1. The molecule has 0 aliphatic carbocycles. The molecule has 1 atom stereocenters. The minimum atomic E-state index is 0.716. The molecule has 0 aromatic carbocycles. The van der Waals surface area contributed by atoms with Crippen LogP contribution >= 0.6 is 11.3 Å². The Labute approximate surface area is 97.1 Å². The highest BCUT2D eigenvalue weighted by Gasteiger charge is 2.05. The van der Waals surface area contributed by atoms with Crippen molar-refractivity contribution in [2.45, 2.75) is 52.0 Å². The van der Waals surface area contributed by atoms with Crippen LogP contribution in [0.15, 0.2) is 11.7 Å². The lowest BCUT2D eigenvalue weighted by atomic mass is 10.0. The first-order valence-electron chi connectivity index (χ1n) is 5.97. The Bertz CT molecular complexity index is 228. The van der Waals surface area contributed by atoms with E-state index in [0.717, 1.165) is 6.54 Å². The second kappa shape index (κ2) is 7.83. The highest BCUT2D eigenvalue weighted by atomic mass is 32.1. The number of rotatable bonds is 8. The van der Waals surface area contributed by atoms with Crippen LogP contribution in [0.4, 0.5) is 0 Å². The monoisotopic (exact) mass is 226 g/mol. The van der Waals surface area contributed by atoms with Crippen molar-refractivity contribution in [2.75, 3.05) is 6.54 Å². The van der Waals surface area contributed by atoms with Crippen LogP contribution in [-0.4, -0.2) is 17.6 Å². The van der Waals surface area contributed by atoms with Crippen LogP contribution in [0, 0.1) is 0 Å². The summed E-state index contributed by atoms with van der Waals surface area (Å²) in [7, 11) is 0. The summed E-state index contributed by atoms with van der Waals surface area (Å²) in [5.41, 5.74) is 1.92. The maximum Gasteiger partial charge on any atom is 0.0794 e. The van der Waals surface area contributed by atoms with Gasteiger partial charge in [0.2, 0.25) is 0 Å². The smallest absolute Gasteiger partial charge is 0.0794 e. The zero-order chi connectivity index (χ0) is 10.9. The number of hydrogen-bond donors (Lipinski definition) is 1. The third-order valence-electron chi connectivity index (χ3n) is 2.59. The van der Waals surface area contributed by atoms with Gasteiger partial charge in [-0.1, -0.05) is 20.3 Å². The molecule has 0 amide bonds. The fraction of sp³-hybridized carbons (Fsp3) is 0.750. The largest absolute Gasteiger partial charge is 0.314 e. The zero-order valence-corrected chi connectivity index (χ0v) is 10.6. The molecule has 1 rings (SSSR count). The Kier molecular flexibility index (Phi) is 6.60. The topological polar surface area (TPSA) is 24.9 Å². The van der Waals surface area contributed by atoms with Crippen molar-refractivity contribution in [3.8, 4) is 0 Å². The van der Waals surface area contributed by atoms with Gasteiger partial charge in [0.15, 0.2) is 0 Å². The van der Waals surface area contributed by atoms with Gasteiger partial charge in [-0.3, -0.25) is 4.98 Å². The molecule has 1 aromatic rings. The normalized spacial score (nSPS) is 12.9. The summed E-state index contributed by atoms with van der Waals surface area (Å²) in [4.78, 5) is 5.51. The molecule has 0 aliphatic rings. The minimum Gasteiger partial charge on any atom is -0.314 e. The highest BCUT2D eigenvalue weighted by Crippen LogP contribution is 2.12. The van der Waals surface area contributed by atoms with E-state index in [4.69, 9.17) is 0 Å². The van der Waals surface area contributed by atoms with Gasteiger partial charge in [-0.15, -0.1) is 11.3 Å². The van der Waals surface area contributed by atoms with Crippen LogP contribution in [0.25, 0.3) is 0 Å². The SMILES string of the molecule is CCCC(CCCc1cncs1)NCC. The summed E-state index contributed by atoms with van der Waals surface area (Å²) >= 11 is 1.77. The van der Waals surface area contributed by atoms with E-state index in [-0.39, 0.29) is 0 Å². The van der Waals surface area contributed by atoms with E-state index >= 15 is 0 Å². The number of nitrogens with zero attached hydrogens (tertiary/aromatic N) is 1. The van der Waals surface area contributed by atoms with E-state index in [1.165, 1.54) is 37.0 Å². The lowest BCUT2D eigenvalue weighted by Crippen LogP contribution is -2.28. The standard InChI is InChI=1S/C12H22N2S/c1-3-6-11(14-4-2)7-5-8-12-9-13-10-15-12/h9-11,14H,3-8H2,1-2H3. The molecule has 0 bridgehead atoms. The number of aryl methyl sites for hydroxylation is 1. The Balaban J connectivity index is 2.15. The highest BCUT2D eigenvalue weighted by molar-refractivity contribution is 7.09. The van der Waals surface area contributed by atoms with Crippen LogP contribution in [-0.2, 0) is 6.42 Å². The van der Waals surface area contributed by atoms with Crippen molar-refractivity contribution in [1.29, 1.82) is 0 Å².